The predicted octanol–water partition coefficient (Wildman–Crippen LogP) is 6.00. The largest absolute Gasteiger partial charge is 0.379 e. The maximum absolute atomic E-state index is 12.8. The Balaban J connectivity index is 1.53. The van der Waals surface area contributed by atoms with E-state index in [1.807, 2.05) is 0 Å². The topological polar surface area (TPSA) is 80.8 Å². The molecule has 2 amide bonds. The fourth-order valence-corrected chi connectivity index (χ4v) is 5.13. The van der Waals surface area contributed by atoms with Crippen LogP contribution in [0.25, 0.3) is 6.08 Å². The van der Waals surface area contributed by atoms with Crippen molar-refractivity contribution in [3.8, 4) is 5.75 Å². The summed E-state index contributed by atoms with van der Waals surface area (Å²) in [6.45, 7) is 0.0529. The van der Waals surface area contributed by atoms with Crippen LogP contribution in [0, 0.1) is 0 Å². The van der Waals surface area contributed by atoms with Crippen LogP contribution in [0.4, 0.5) is 4.79 Å². The zero-order valence-electron chi connectivity index (χ0n) is 16.8. The van der Waals surface area contributed by atoms with Gasteiger partial charge in [0.05, 0.1) is 21.5 Å². The van der Waals surface area contributed by atoms with Gasteiger partial charge in [-0.15, -0.1) is 0 Å². The Morgan fingerprint density at radius 3 is 2.39 bits per heavy atom. The molecule has 1 fully saturated rings. The molecule has 168 valence electrons. The molecule has 3 aromatic rings. The highest BCUT2D eigenvalue weighted by atomic mass is 35.5. The van der Waals surface area contributed by atoms with E-state index in [2.05, 4.69) is 0 Å². The third kappa shape index (κ3) is 5.42. The summed E-state index contributed by atoms with van der Waals surface area (Å²) in [7, 11) is -4.00. The van der Waals surface area contributed by atoms with Crippen LogP contribution in [-0.2, 0) is 21.5 Å². The maximum atomic E-state index is 12.8. The molecular formula is C23H15Cl2NO5S2. The number of hydrogen-bond acceptors (Lipinski definition) is 6. The van der Waals surface area contributed by atoms with Crippen LogP contribution in [0.15, 0.2) is 82.6 Å². The van der Waals surface area contributed by atoms with Crippen LogP contribution in [-0.4, -0.2) is 24.5 Å². The third-order valence-electron chi connectivity index (χ3n) is 4.59. The molecule has 1 aliphatic rings. The van der Waals surface area contributed by atoms with Crippen molar-refractivity contribution >= 4 is 62.3 Å². The summed E-state index contributed by atoms with van der Waals surface area (Å²) in [5.41, 5.74) is 1.17. The van der Waals surface area contributed by atoms with Crippen molar-refractivity contribution in [1.29, 1.82) is 0 Å². The quantitative estimate of drug-likeness (QED) is 0.293. The molecule has 0 unspecified atom stereocenters. The molecule has 6 nitrogen and oxygen atoms in total. The van der Waals surface area contributed by atoms with Crippen molar-refractivity contribution in [2.24, 2.45) is 0 Å². The van der Waals surface area contributed by atoms with E-state index in [0.717, 1.165) is 16.7 Å². The smallest absolute Gasteiger partial charge is 0.339 e. The second-order valence-electron chi connectivity index (χ2n) is 6.94. The standard InChI is InChI=1S/C23H15Cl2NO5S2/c24-19-10-9-16(12-20(19)25)14-26-22(27)21(32-23(26)28)13-15-5-4-6-17(11-15)31-33(29,30)18-7-2-1-3-8-18/h1-13H,14H2/b21-13-. The van der Waals surface area contributed by atoms with Gasteiger partial charge in [-0.3, -0.25) is 14.5 Å². The van der Waals surface area contributed by atoms with E-state index in [4.69, 9.17) is 27.4 Å². The van der Waals surface area contributed by atoms with E-state index in [0.29, 0.717) is 21.2 Å². The molecule has 0 atom stereocenters. The minimum absolute atomic E-state index is 0.0267. The number of rotatable bonds is 6. The summed E-state index contributed by atoms with van der Waals surface area (Å²) >= 11 is 12.7. The van der Waals surface area contributed by atoms with Gasteiger partial charge in [0.1, 0.15) is 10.6 Å². The molecule has 1 saturated heterocycles. The molecule has 10 heteroatoms. The lowest BCUT2D eigenvalue weighted by Gasteiger charge is -2.13. The van der Waals surface area contributed by atoms with Gasteiger partial charge in [-0.05, 0) is 65.4 Å². The Bertz CT molecular complexity index is 1370. The third-order valence-corrected chi connectivity index (χ3v) is 7.50. The van der Waals surface area contributed by atoms with E-state index >= 15 is 0 Å². The number of carbonyl (C=O) groups is 2. The second kappa shape index (κ2) is 9.61. The number of hydrogen-bond donors (Lipinski definition) is 0. The summed E-state index contributed by atoms with van der Waals surface area (Å²) < 4.78 is 30.1. The van der Waals surface area contributed by atoms with Gasteiger partial charge in [0, 0.05) is 0 Å². The van der Waals surface area contributed by atoms with Crippen LogP contribution in [0.2, 0.25) is 10.0 Å². The average molecular weight is 520 g/mol. The van der Waals surface area contributed by atoms with E-state index < -0.39 is 21.3 Å². The molecule has 4 rings (SSSR count). The van der Waals surface area contributed by atoms with Crippen LogP contribution in [0.5, 0.6) is 5.75 Å². The fraction of sp³-hybridized carbons (Fsp3) is 0.0435. The Kier molecular flexibility index (Phi) is 6.81. The summed E-state index contributed by atoms with van der Waals surface area (Å²) in [6, 6.07) is 18.9. The minimum Gasteiger partial charge on any atom is -0.379 e. The molecule has 0 aromatic heterocycles. The average Bonchev–Trinajstić information content (AvgIpc) is 3.04. The van der Waals surface area contributed by atoms with E-state index in [9.17, 15) is 18.0 Å². The van der Waals surface area contributed by atoms with E-state index in [1.165, 1.54) is 30.3 Å². The van der Waals surface area contributed by atoms with Gasteiger partial charge in [0.2, 0.25) is 0 Å². The maximum Gasteiger partial charge on any atom is 0.339 e. The molecule has 0 N–H and O–H groups in total. The first-order chi connectivity index (χ1) is 15.7. The number of imide groups is 1. The van der Waals surface area contributed by atoms with Gasteiger partial charge in [-0.1, -0.05) is 59.6 Å². The molecule has 3 aromatic carbocycles. The zero-order chi connectivity index (χ0) is 23.6. The first kappa shape index (κ1) is 23.4. The summed E-state index contributed by atoms with van der Waals surface area (Å²) in [4.78, 5) is 26.6. The lowest BCUT2D eigenvalue weighted by molar-refractivity contribution is -0.123. The normalized spacial score (nSPS) is 15.3. The molecule has 1 aliphatic heterocycles. The van der Waals surface area contributed by atoms with Crippen molar-refractivity contribution < 1.29 is 22.2 Å². The zero-order valence-corrected chi connectivity index (χ0v) is 19.9. The van der Waals surface area contributed by atoms with Crippen LogP contribution < -0.4 is 4.18 Å². The van der Waals surface area contributed by atoms with Crippen LogP contribution in [0.1, 0.15) is 11.1 Å². The monoisotopic (exact) mass is 519 g/mol. The Morgan fingerprint density at radius 1 is 0.909 bits per heavy atom. The van der Waals surface area contributed by atoms with Crippen molar-refractivity contribution in [2.45, 2.75) is 11.4 Å². The first-order valence-electron chi connectivity index (χ1n) is 9.52. The van der Waals surface area contributed by atoms with Gasteiger partial charge in [-0.25, -0.2) is 0 Å². The van der Waals surface area contributed by atoms with E-state index in [-0.39, 0.29) is 22.1 Å². The Morgan fingerprint density at radius 2 is 1.67 bits per heavy atom. The molecule has 1 heterocycles. The molecule has 0 bridgehead atoms. The first-order valence-corrected chi connectivity index (χ1v) is 12.5. The van der Waals surface area contributed by atoms with Gasteiger partial charge in [0.25, 0.3) is 11.1 Å². The lowest BCUT2D eigenvalue weighted by atomic mass is 10.2. The van der Waals surface area contributed by atoms with Crippen molar-refractivity contribution in [1.82, 2.24) is 4.90 Å². The number of halogens is 2. The summed E-state index contributed by atoms with van der Waals surface area (Å²) in [5.74, 6) is -0.373. The number of nitrogens with zero attached hydrogens (tertiary/aromatic N) is 1. The summed E-state index contributed by atoms with van der Waals surface area (Å²) in [6.07, 6.45) is 1.52. The van der Waals surface area contributed by atoms with Crippen molar-refractivity contribution in [3.63, 3.8) is 0 Å². The SMILES string of the molecule is O=C1S/C(=C\c2cccc(OS(=O)(=O)c3ccccc3)c2)C(=O)N1Cc1ccc(Cl)c(Cl)c1. The van der Waals surface area contributed by atoms with Gasteiger partial charge >= 0.3 is 10.1 Å². The molecule has 0 saturated carbocycles. The second-order valence-corrected chi connectivity index (χ2v) is 10.3. The summed E-state index contributed by atoms with van der Waals surface area (Å²) in [5, 5.41) is 0.293. The lowest BCUT2D eigenvalue weighted by Crippen LogP contribution is -2.27. The van der Waals surface area contributed by atoms with Crippen LogP contribution in [0.3, 0.4) is 0 Å². The van der Waals surface area contributed by atoms with Crippen LogP contribution >= 0.6 is 35.0 Å². The number of carbonyl (C=O) groups excluding carboxylic acids is 2. The van der Waals surface area contributed by atoms with Crippen molar-refractivity contribution in [3.05, 3.63) is 98.9 Å². The highest BCUT2D eigenvalue weighted by Gasteiger charge is 2.35. The van der Waals surface area contributed by atoms with Gasteiger partial charge < -0.3 is 4.18 Å². The van der Waals surface area contributed by atoms with Gasteiger partial charge in [-0.2, -0.15) is 8.42 Å². The Hall–Kier alpha value is -2.78. The van der Waals surface area contributed by atoms with E-state index in [1.54, 1.807) is 48.5 Å². The minimum atomic E-state index is -4.00. The molecule has 0 radical (unpaired) electrons. The molecular weight excluding hydrogens is 505 g/mol. The molecule has 33 heavy (non-hydrogen) atoms. The highest BCUT2D eigenvalue weighted by Crippen LogP contribution is 2.34. The highest BCUT2D eigenvalue weighted by molar-refractivity contribution is 8.18. The van der Waals surface area contributed by atoms with Gasteiger partial charge in [0.15, 0.2) is 0 Å². The number of thioether (sulfide) groups is 1. The molecule has 0 aliphatic carbocycles. The number of benzene rings is 3. The Labute approximate surface area is 204 Å². The fourth-order valence-electron chi connectivity index (χ4n) is 3.03. The number of amides is 2. The predicted molar refractivity (Wildman–Crippen MR) is 129 cm³/mol. The molecule has 0 spiro atoms. The van der Waals surface area contributed by atoms with Crippen molar-refractivity contribution in [2.75, 3.05) is 0 Å².